The summed E-state index contributed by atoms with van der Waals surface area (Å²) in [5.41, 5.74) is 5.47. The molecule has 14 nitrogen and oxygen atoms in total. The summed E-state index contributed by atoms with van der Waals surface area (Å²) in [6.07, 6.45) is 12.6. The van der Waals surface area contributed by atoms with Gasteiger partial charge in [0.05, 0.1) is 42.5 Å². The van der Waals surface area contributed by atoms with Crippen molar-refractivity contribution in [1.29, 1.82) is 0 Å². The number of hydrogen-bond acceptors (Lipinski definition) is 9. The van der Waals surface area contributed by atoms with Gasteiger partial charge in [-0.25, -0.2) is 9.50 Å². The fourth-order valence-electron chi connectivity index (χ4n) is 7.79. The average Bonchev–Trinajstić information content (AvgIpc) is 3.75. The van der Waals surface area contributed by atoms with Crippen molar-refractivity contribution in [1.82, 2.24) is 39.5 Å². The summed E-state index contributed by atoms with van der Waals surface area (Å²) >= 11 is 0. The maximum absolute atomic E-state index is 13.4. The monoisotopic (exact) mass is 715 g/mol. The van der Waals surface area contributed by atoms with Gasteiger partial charge in [0.15, 0.2) is 5.65 Å². The minimum absolute atomic E-state index is 0.126. The molecule has 1 atom stereocenters. The number of hydrogen-bond donors (Lipinski definition) is 2. The molecule has 3 aliphatic heterocycles. The van der Waals surface area contributed by atoms with Crippen molar-refractivity contribution in [3.8, 4) is 5.75 Å². The first-order valence-corrected chi connectivity index (χ1v) is 18.6. The minimum Gasteiger partial charge on any atom is -0.491 e. The summed E-state index contributed by atoms with van der Waals surface area (Å²) in [5, 5.41) is 15.6. The molecule has 0 radical (unpaired) electrons. The molecular weight excluding hydrogens is 674 g/mol. The van der Waals surface area contributed by atoms with E-state index in [0.29, 0.717) is 67.6 Å². The molecule has 4 aliphatic rings. The van der Waals surface area contributed by atoms with E-state index in [1.807, 2.05) is 40.0 Å². The topological polar surface area (TPSA) is 156 Å². The number of anilines is 1. The van der Waals surface area contributed by atoms with E-state index in [9.17, 15) is 19.2 Å². The van der Waals surface area contributed by atoms with Gasteiger partial charge in [-0.3, -0.25) is 34.1 Å². The second-order valence-electron chi connectivity index (χ2n) is 14.8. The molecule has 0 bridgehead atoms. The number of piperidine rings is 2. The van der Waals surface area contributed by atoms with Crippen LogP contribution in [0.25, 0.3) is 16.6 Å². The molecule has 1 unspecified atom stereocenters. The van der Waals surface area contributed by atoms with E-state index in [0.717, 1.165) is 67.2 Å². The Morgan fingerprint density at radius 1 is 0.981 bits per heavy atom. The summed E-state index contributed by atoms with van der Waals surface area (Å²) in [6.45, 7) is 3.76. The number of imide groups is 1. The van der Waals surface area contributed by atoms with E-state index in [2.05, 4.69) is 31.7 Å². The van der Waals surface area contributed by atoms with Crippen LogP contribution in [0, 0.1) is 5.92 Å². The highest BCUT2D eigenvalue weighted by atomic mass is 16.5. The van der Waals surface area contributed by atoms with Crippen LogP contribution in [0.3, 0.4) is 0 Å². The molecule has 0 spiro atoms. The Labute approximate surface area is 305 Å². The Bertz CT molecular complexity index is 2250. The second-order valence-corrected chi connectivity index (χ2v) is 14.8. The van der Waals surface area contributed by atoms with Crippen molar-refractivity contribution in [2.45, 2.75) is 63.5 Å². The Morgan fingerprint density at radius 2 is 1.85 bits per heavy atom. The van der Waals surface area contributed by atoms with Crippen LogP contribution in [0.4, 0.5) is 5.69 Å². The van der Waals surface area contributed by atoms with Crippen LogP contribution in [-0.2, 0) is 27.3 Å². The third-order valence-corrected chi connectivity index (χ3v) is 11.1. The fourth-order valence-corrected chi connectivity index (χ4v) is 7.79. The number of nitrogens with zero attached hydrogens (tertiary/aromatic N) is 7. The molecule has 5 aromatic rings. The molecule has 53 heavy (non-hydrogen) atoms. The van der Waals surface area contributed by atoms with Crippen LogP contribution in [0.2, 0.25) is 0 Å². The molecule has 2 aromatic carbocycles. The molecule has 3 fully saturated rings. The lowest BCUT2D eigenvalue weighted by molar-refractivity contribution is -0.135. The number of benzene rings is 2. The fraction of sp³-hybridized carbons (Fsp3) is 0.410. The van der Waals surface area contributed by atoms with Crippen molar-refractivity contribution in [3.63, 3.8) is 0 Å². The quantitative estimate of drug-likeness (QED) is 0.217. The Morgan fingerprint density at radius 3 is 2.68 bits per heavy atom. The van der Waals surface area contributed by atoms with E-state index >= 15 is 0 Å². The Kier molecular flexibility index (Phi) is 8.61. The average molecular weight is 716 g/mol. The largest absolute Gasteiger partial charge is 0.491 e. The minimum atomic E-state index is -0.309. The zero-order valence-electron chi connectivity index (χ0n) is 29.4. The standard InChI is InChI=1S/C39H41N9O5/c49-35-7-6-30(38(51)43-35)26-4-5-27-20-46(15-8-25(27)16-26)36(50)22-45-13-9-29(10-14-45)48-21-28-17-33(34(18-32(28)44-48)53-23-24-2-3-24)42-39(52)31-19-41-47-12-1-11-40-37(31)47/h1,4-5,11-12,16-19,21,24,29-30H,2-3,6-10,13-15,20,22-23H2,(H,42,52)(H,43,49,51). The molecule has 1 saturated carbocycles. The summed E-state index contributed by atoms with van der Waals surface area (Å²) in [7, 11) is 0. The molecule has 14 heteroatoms. The highest BCUT2D eigenvalue weighted by Gasteiger charge is 2.31. The van der Waals surface area contributed by atoms with Gasteiger partial charge < -0.3 is 15.0 Å². The van der Waals surface area contributed by atoms with Gasteiger partial charge in [0, 0.05) is 62.6 Å². The van der Waals surface area contributed by atoms with Crippen molar-refractivity contribution in [3.05, 3.63) is 83.4 Å². The lowest BCUT2D eigenvalue weighted by Gasteiger charge is -2.35. The molecule has 2 saturated heterocycles. The van der Waals surface area contributed by atoms with Crippen molar-refractivity contribution in [2.24, 2.45) is 5.92 Å². The number of fused-ring (bicyclic) bond motifs is 3. The molecular formula is C39H41N9O5. The maximum Gasteiger partial charge on any atom is 0.261 e. The molecule has 272 valence electrons. The van der Waals surface area contributed by atoms with Gasteiger partial charge in [0.1, 0.15) is 11.3 Å². The molecule has 9 rings (SSSR count). The first kappa shape index (κ1) is 33.2. The van der Waals surface area contributed by atoms with Crippen LogP contribution >= 0.6 is 0 Å². The van der Waals surface area contributed by atoms with Crippen molar-refractivity contribution >= 4 is 45.9 Å². The Hall–Kier alpha value is -5.63. The van der Waals surface area contributed by atoms with Crippen molar-refractivity contribution < 1.29 is 23.9 Å². The van der Waals surface area contributed by atoms with Gasteiger partial charge in [0.2, 0.25) is 17.7 Å². The summed E-state index contributed by atoms with van der Waals surface area (Å²) in [5.74, 6) is 0.210. The highest BCUT2D eigenvalue weighted by molar-refractivity contribution is 6.09. The molecule has 4 amide bonds. The van der Waals surface area contributed by atoms with Gasteiger partial charge in [-0.1, -0.05) is 18.2 Å². The summed E-state index contributed by atoms with van der Waals surface area (Å²) < 4.78 is 9.82. The Balaban J connectivity index is 0.829. The van der Waals surface area contributed by atoms with Crippen LogP contribution < -0.4 is 15.4 Å². The van der Waals surface area contributed by atoms with Gasteiger partial charge in [-0.15, -0.1) is 0 Å². The van der Waals surface area contributed by atoms with E-state index in [4.69, 9.17) is 9.84 Å². The van der Waals surface area contributed by atoms with Crippen molar-refractivity contribution in [2.75, 3.05) is 38.1 Å². The maximum atomic E-state index is 13.4. The third kappa shape index (κ3) is 6.86. The molecule has 2 N–H and O–H groups in total. The normalized spacial score (nSPS) is 19.7. The van der Waals surface area contributed by atoms with Gasteiger partial charge >= 0.3 is 0 Å². The van der Waals surface area contributed by atoms with E-state index in [-0.39, 0.29) is 35.6 Å². The lowest BCUT2D eigenvalue weighted by atomic mass is 9.87. The van der Waals surface area contributed by atoms with Crippen LogP contribution in [0.15, 0.2) is 61.2 Å². The zero-order chi connectivity index (χ0) is 36.1. The number of likely N-dealkylation sites (tertiary alicyclic amines) is 1. The second kappa shape index (κ2) is 13.7. The predicted molar refractivity (Wildman–Crippen MR) is 194 cm³/mol. The zero-order valence-corrected chi connectivity index (χ0v) is 29.4. The van der Waals surface area contributed by atoms with Crippen LogP contribution in [-0.4, -0.2) is 90.6 Å². The van der Waals surface area contributed by atoms with E-state index in [1.54, 1.807) is 23.0 Å². The number of nitrogens with one attached hydrogen (secondary N) is 2. The summed E-state index contributed by atoms with van der Waals surface area (Å²) in [6, 6.07) is 11.9. The van der Waals surface area contributed by atoms with E-state index < -0.39 is 0 Å². The smallest absolute Gasteiger partial charge is 0.261 e. The molecule has 3 aromatic heterocycles. The number of carbonyl (C=O) groups is 4. The predicted octanol–water partition coefficient (Wildman–Crippen LogP) is 3.86. The number of amides is 4. The van der Waals surface area contributed by atoms with Crippen LogP contribution in [0.5, 0.6) is 5.75 Å². The molecule has 1 aliphatic carbocycles. The first-order chi connectivity index (χ1) is 25.8. The number of aromatic nitrogens is 5. The number of carbonyl (C=O) groups excluding carboxylic acids is 4. The number of rotatable bonds is 9. The lowest BCUT2D eigenvalue weighted by Crippen LogP contribution is -2.45. The van der Waals surface area contributed by atoms with Gasteiger partial charge in [0.25, 0.3) is 5.91 Å². The van der Waals surface area contributed by atoms with Crippen LogP contribution in [0.1, 0.15) is 77.5 Å². The van der Waals surface area contributed by atoms with Gasteiger partial charge in [-0.05, 0) is 73.3 Å². The van der Waals surface area contributed by atoms with Gasteiger partial charge in [-0.2, -0.15) is 10.2 Å². The van der Waals surface area contributed by atoms with E-state index in [1.165, 1.54) is 11.8 Å². The number of ether oxygens (including phenoxy) is 1. The SMILES string of the molecule is O=C1CCC(c2ccc3c(c2)CCN(C(=O)CN2CCC(n4cc5cc(NC(=O)c6cnn7cccnc67)c(OCC6CC6)cc5n4)CC2)C3)C(=O)N1. The highest BCUT2D eigenvalue weighted by Crippen LogP contribution is 2.36. The molecule has 6 heterocycles. The third-order valence-electron chi connectivity index (χ3n) is 11.1. The first-order valence-electron chi connectivity index (χ1n) is 18.6. The summed E-state index contributed by atoms with van der Waals surface area (Å²) in [4.78, 5) is 59.3.